The Hall–Kier alpha value is -1.86. The molecule has 2 N–H and O–H groups in total. The van der Waals surface area contributed by atoms with Crippen molar-refractivity contribution in [2.75, 3.05) is 45.1 Å². The molecule has 1 unspecified atom stereocenters. The zero-order chi connectivity index (χ0) is 18.4. The zero-order valence-corrected chi connectivity index (χ0v) is 15.5. The summed E-state index contributed by atoms with van der Waals surface area (Å²) in [5.41, 5.74) is 0.139. The molecule has 1 fully saturated rings. The van der Waals surface area contributed by atoms with E-state index in [0.717, 1.165) is 32.7 Å². The number of nitrogens with one attached hydrogen (secondary N) is 2. The average molecular weight is 352 g/mol. The molecule has 6 nitrogen and oxygen atoms in total. The SMILES string of the molecule is CC(CN1CCN(C)CC1)NC(=O)Nc1ccc(OC(C)C)cc1F. The van der Waals surface area contributed by atoms with E-state index in [1.807, 2.05) is 20.8 Å². The molecule has 1 aromatic carbocycles. The van der Waals surface area contributed by atoms with E-state index in [1.165, 1.54) is 12.1 Å². The predicted octanol–water partition coefficient (Wildman–Crippen LogP) is 2.37. The first-order chi connectivity index (χ1) is 11.8. The molecule has 0 radical (unpaired) electrons. The summed E-state index contributed by atoms with van der Waals surface area (Å²) in [5, 5.41) is 5.42. The van der Waals surface area contributed by atoms with Crippen LogP contribution in [0.3, 0.4) is 0 Å². The number of carbonyl (C=O) groups is 1. The van der Waals surface area contributed by atoms with Gasteiger partial charge in [0.1, 0.15) is 11.6 Å². The summed E-state index contributed by atoms with van der Waals surface area (Å²) in [5.74, 6) is -0.0677. The summed E-state index contributed by atoms with van der Waals surface area (Å²) in [6, 6.07) is 4.01. The third-order valence-electron chi connectivity index (χ3n) is 4.07. The molecule has 0 bridgehead atoms. The van der Waals surface area contributed by atoms with E-state index in [9.17, 15) is 9.18 Å². The fourth-order valence-electron chi connectivity index (χ4n) is 2.79. The second kappa shape index (κ2) is 9.01. The number of piperazine rings is 1. The first kappa shape index (κ1) is 19.5. The second-order valence-corrected chi connectivity index (χ2v) is 6.91. The Kier molecular flexibility index (Phi) is 7.01. The highest BCUT2D eigenvalue weighted by Crippen LogP contribution is 2.21. The number of hydrogen-bond acceptors (Lipinski definition) is 4. The maximum Gasteiger partial charge on any atom is 0.319 e. The van der Waals surface area contributed by atoms with Gasteiger partial charge < -0.3 is 20.3 Å². The number of likely N-dealkylation sites (N-methyl/N-ethyl adjacent to an activating group) is 1. The lowest BCUT2D eigenvalue weighted by Gasteiger charge is -2.34. The topological polar surface area (TPSA) is 56.8 Å². The van der Waals surface area contributed by atoms with Gasteiger partial charge in [-0.1, -0.05) is 0 Å². The number of rotatable bonds is 6. The number of nitrogens with zero attached hydrogens (tertiary/aromatic N) is 2. The van der Waals surface area contributed by atoms with E-state index >= 15 is 0 Å². The third kappa shape index (κ3) is 6.51. The van der Waals surface area contributed by atoms with Crippen molar-refractivity contribution in [3.63, 3.8) is 0 Å². The van der Waals surface area contributed by atoms with Gasteiger partial charge in [0.15, 0.2) is 0 Å². The summed E-state index contributed by atoms with van der Waals surface area (Å²) in [4.78, 5) is 16.7. The van der Waals surface area contributed by atoms with Crippen LogP contribution >= 0.6 is 0 Å². The summed E-state index contributed by atoms with van der Waals surface area (Å²) in [6.07, 6.45) is -0.0306. The summed E-state index contributed by atoms with van der Waals surface area (Å²) < 4.78 is 19.5. The molecular weight excluding hydrogens is 323 g/mol. The second-order valence-electron chi connectivity index (χ2n) is 6.91. The molecule has 2 amide bonds. The number of halogens is 1. The quantitative estimate of drug-likeness (QED) is 0.825. The number of ether oxygens (including phenoxy) is 1. The van der Waals surface area contributed by atoms with Gasteiger partial charge >= 0.3 is 6.03 Å². The fourth-order valence-corrected chi connectivity index (χ4v) is 2.79. The van der Waals surface area contributed by atoms with Crippen LogP contribution in [0, 0.1) is 5.82 Å². The van der Waals surface area contributed by atoms with Crippen LogP contribution in [-0.4, -0.2) is 67.7 Å². The van der Waals surface area contributed by atoms with Crippen LogP contribution in [-0.2, 0) is 0 Å². The van der Waals surface area contributed by atoms with Gasteiger partial charge in [0.05, 0.1) is 11.8 Å². The smallest absolute Gasteiger partial charge is 0.319 e. The average Bonchev–Trinajstić information content (AvgIpc) is 2.51. The molecule has 0 aromatic heterocycles. The predicted molar refractivity (Wildman–Crippen MR) is 97.7 cm³/mol. The largest absolute Gasteiger partial charge is 0.491 e. The number of carbonyl (C=O) groups excluding carboxylic acids is 1. The van der Waals surface area contributed by atoms with Crippen molar-refractivity contribution >= 4 is 11.7 Å². The van der Waals surface area contributed by atoms with Crippen molar-refractivity contribution in [3.05, 3.63) is 24.0 Å². The standard InChI is InChI=1S/C18H29FN4O2/c1-13(2)25-15-5-6-17(16(19)11-15)21-18(24)20-14(3)12-23-9-7-22(4)8-10-23/h5-6,11,13-14H,7-10,12H2,1-4H3,(H2,20,21,24). The van der Waals surface area contributed by atoms with Crippen molar-refractivity contribution in [1.82, 2.24) is 15.1 Å². The van der Waals surface area contributed by atoms with Gasteiger partial charge in [0.2, 0.25) is 0 Å². The molecule has 1 atom stereocenters. The van der Waals surface area contributed by atoms with E-state index in [-0.39, 0.29) is 17.8 Å². The Labute approximate surface area is 149 Å². The maximum absolute atomic E-state index is 14.1. The van der Waals surface area contributed by atoms with Gasteiger partial charge in [0, 0.05) is 44.8 Å². The minimum Gasteiger partial charge on any atom is -0.491 e. The molecule has 140 valence electrons. The number of anilines is 1. The molecule has 1 aliphatic rings. The first-order valence-corrected chi connectivity index (χ1v) is 8.78. The molecule has 1 heterocycles. The number of amides is 2. The molecule has 2 rings (SSSR count). The first-order valence-electron chi connectivity index (χ1n) is 8.78. The molecule has 0 spiro atoms. The number of hydrogen-bond donors (Lipinski definition) is 2. The van der Waals surface area contributed by atoms with E-state index in [4.69, 9.17) is 4.74 Å². The maximum atomic E-state index is 14.1. The normalized spacial score (nSPS) is 17.4. The van der Waals surface area contributed by atoms with E-state index in [1.54, 1.807) is 6.07 Å². The van der Waals surface area contributed by atoms with Gasteiger partial charge in [-0.25, -0.2) is 9.18 Å². The molecule has 0 saturated carbocycles. The molecule has 1 saturated heterocycles. The third-order valence-corrected chi connectivity index (χ3v) is 4.07. The van der Waals surface area contributed by atoms with E-state index in [0.29, 0.717) is 5.75 Å². The van der Waals surface area contributed by atoms with Gasteiger partial charge in [-0.2, -0.15) is 0 Å². The highest BCUT2D eigenvalue weighted by atomic mass is 19.1. The molecule has 1 aromatic rings. The zero-order valence-electron chi connectivity index (χ0n) is 15.5. The van der Waals surface area contributed by atoms with Crippen LogP contribution in [0.4, 0.5) is 14.9 Å². The minimum absolute atomic E-state index is 0.0185. The summed E-state index contributed by atoms with van der Waals surface area (Å²) in [7, 11) is 2.11. The van der Waals surface area contributed by atoms with Crippen molar-refractivity contribution in [2.45, 2.75) is 32.9 Å². The minimum atomic E-state index is -0.514. The highest BCUT2D eigenvalue weighted by molar-refractivity contribution is 5.89. The van der Waals surface area contributed by atoms with Crippen molar-refractivity contribution in [1.29, 1.82) is 0 Å². The molecule has 0 aliphatic carbocycles. The summed E-state index contributed by atoms with van der Waals surface area (Å²) in [6.45, 7) is 10.5. The lowest BCUT2D eigenvalue weighted by Crippen LogP contribution is -2.50. The van der Waals surface area contributed by atoms with Gasteiger partial charge in [-0.05, 0) is 40.0 Å². The van der Waals surface area contributed by atoms with Gasteiger partial charge in [-0.15, -0.1) is 0 Å². The Morgan fingerprint density at radius 3 is 2.52 bits per heavy atom. The van der Waals surface area contributed by atoms with E-state index in [2.05, 4.69) is 27.5 Å². The molecule has 25 heavy (non-hydrogen) atoms. The molecule has 1 aliphatic heterocycles. The van der Waals surface area contributed by atoms with Crippen molar-refractivity contribution < 1.29 is 13.9 Å². The lowest BCUT2D eigenvalue weighted by atomic mass is 10.2. The van der Waals surface area contributed by atoms with Crippen LogP contribution in [0.2, 0.25) is 0 Å². The van der Waals surface area contributed by atoms with Crippen LogP contribution in [0.25, 0.3) is 0 Å². The van der Waals surface area contributed by atoms with Gasteiger partial charge in [0.25, 0.3) is 0 Å². The Morgan fingerprint density at radius 2 is 1.92 bits per heavy atom. The van der Waals surface area contributed by atoms with Crippen LogP contribution < -0.4 is 15.4 Å². The monoisotopic (exact) mass is 352 g/mol. The Bertz CT molecular complexity index is 574. The highest BCUT2D eigenvalue weighted by Gasteiger charge is 2.17. The van der Waals surface area contributed by atoms with Crippen molar-refractivity contribution in [3.8, 4) is 5.75 Å². The fraction of sp³-hybridized carbons (Fsp3) is 0.611. The van der Waals surface area contributed by atoms with Gasteiger partial charge in [-0.3, -0.25) is 4.90 Å². The molecule has 7 heteroatoms. The number of benzene rings is 1. The number of urea groups is 1. The van der Waals surface area contributed by atoms with Crippen LogP contribution in [0.5, 0.6) is 5.75 Å². The molecular formula is C18H29FN4O2. The van der Waals surface area contributed by atoms with Crippen LogP contribution in [0.15, 0.2) is 18.2 Å². The van der Waals surface area contributed by atoms with Crippen LogP contribution in [0.1, 0.15) is 20.8 Å². The Morgan fingerprint density at radius 1 is 1.24 bits per heavy atom. The van der Waals surface area contributed by atoms with E-state index < -0.39 is 11.8 Å². The van der Waals surface area contributed by atoms with Crippen molar-refractivity contribution in [2.24, 2.45) is 0 Å². The Balaban J connectivity index is 1.81. The lowest BCUT2D eigenvalue weighted by molar-refractivity contribution is 0.145. The summed E-state index contributed by atoms with van der Waals surface area (Å²) >= 11 is 0.